The van der Waals surface area contributed by atoms with Crippen molar-refractivity contribution in [1.29, 1.82) is 0 Å². The number of carbonyl (C=O) groups excluding carboxylic acids is 1. The van der Waals surface area contributed by atoms with E-state index in [0.29, 0.717) is 12.1 Å². The molecule has 2 N–H and O–H groups in total. The van der Waals surface area contributed by atoms with Gasteiger partial charge < -0.3 is 19.9 Å². The summed E-state index contributed by atoms with van der Waals surface area (Å²) < 4.78 is 87.8. The molecule has 1 aromatic carbocycles. The quantitative estimate of drug-likeness (QED) is 0.402. The first-order valence-electron chi connectivity index (χ1n) is 10.8. The maximum atomic E-state index is 13.9. The van der Waals surface area contributed by atoms with Crippen LogP contribution in [-0.2, 0) is 30.5 Å². The van der Waals surface area contributed by atoms with Gasteiger partial charge in [0.05, 0.1) is 30.6 Å². The number of fused-ring (bicyclic) bond motifs is 1. The predicted molar refractivity (Wildman–Crippen MR) is 115 cm³/mol. The largest absolute Gasteiger partial charge is 0.481 e. The second-order valence-electron chi connectivity index (χ2n) is 8.28. The number of alkyl halides is 3. The van der Waals surface area contributed by atoms with E-state index in [1.807, 2.05) is 0 Å². The molecule has 13 heteroatoms. The molecule has 1 unspecified atom stereocenters. The van der Waals surface area contributed by atoms with Crippen LogP contribution in [0.15, 0.2) is 30.5 Å². The van der Waals surface area contributed by atoms with Gasteiger partial charge in [-0.1, -0.05) is 0 Å². The molecule has 3 aromatic rings. The highest BCUT2D eigenvalue weighted by molar-refractivity contribution is 5.77. The van der Waals surface area contributed by atoms with Crippen molar-refractivity contribution in [2.24, 2.45) is 5.73 Å². The number of aromatic nitrogens is 3. The minimum atomic E-state index is -4.73. The molecule has 0 aliphatic carbocycles. The molecule has 0 saturated carbocycles. The van der Waals surface area contributed by atoms with Gasteiger partial charge in [0.2, 0.25) is 17.6 Å². The number of hydrogen-bond donors (Lipinski definition) is 1. The molecule has 2 aromatic heterocycles. The van der Waals surface area contributed by atoms with Crippen molar-refractivity contribution in [2.45, 2.75) is 38.1 Å². The molecule has 1 atom stereocenters. The normalized spacial score (nSPS) is 14.5. The van der Waals surface area contributed by atoms with Crippen LogP contribution in [0.1, 0.15) is 23.5 Å². The van der Waals surface area contributed by atoms with E-state index in [4.69, 9.17) is 10.5 Å². The minimum absolute atomic E-state index is 0.0158. The number of halogens is 6. The van der Waals surface area contributed by atoms with Crippen molar-refractivity contribution in [2.75, 3.05) is 13.7 Å². The van der Waals surface area contributed by atoms with Gasteiger partial charge in [-0.15, -0.1) is 0 Å². The zero-order valence-electron chi connectivity index (χ0n) is 19.0. The molecule has 192 valence electrons. The van der Waals surface area contributed by atoms with Gasteiger partial charge in [0.1, 0.15) is 5.82 Å². The average molecular weight is 513 g/mol. The first-order chi connectivity index (χ1) is 17.0. The number of benzene rings is 1. The third-order valence-electron chi connectivity index (χ3n) is 5.84. The molecule has 1 aliphatic heterocycles. The highest BCUT2D eigenvalue weighted by Gasteiger charge is 2.41. The number of pyridine rings is 1. The van der Waals surface area contributed by atoms with Crippen molar-refractivity contribution in [3.05, 3.63) is 65.0 Å². The van der Waals surface area contributed by atoms with Gasteiger partial charge in [-0.25, -0.2) is 23.1 Å². The van der Waals surface area contributed by atoms with Crippen LogP contribution in [-0.4, -0.2) is 45.0 Å². The van der Waals surface area contributed by atoms with Crippen LogP contribution in [0.4, 0.5) is 26.3 Å². The number of hydrogen-bond acceptors (Lipinski definition) is 5. The Bertz CT molecular complexity index is 1290. The summed E-state index contributed by atoms with van der Waals surface area (Å²) in [6.45, 7) is -0.402. The SMILES string of the molecule is COc1ncccc1-c1nc(C(F)(F)F)n2c1CN(C(=O)CC(N)Cc1cc(F)c(F)cc1F)CC2. The van der Waals surface area contributed by atoms with Gasteiger partial charge in [0.25, 0.3) is 0 Å². The average Bonchev–Trinajstić information content (AvgIpc) is 3.21. The van der Waals surface area contributed by atoms with Crippen molar-refractivity contribution in [3.8, 4) is 17.1 Å². The third-order valence-corrected chi connectivity index (χ3v) is 5.84. The van der Waals surface area contributed by atoms with Crippen molar-refractivity contribution >= 4 is 5.91 Å². The Kier molecular flexibility index (Phi) is 6.94. The summed E-state index contributed by atoms with van der Waals surface area (Å²) in [5, 5.41) is 0. The topological polar surface area (TPSA) is 86.3 Å². The molecular formula is C23H21F6N5O2. The molecule has 1 amide bonds. The number of carbonyl (C=O) groups is 1. The molecule has 7 nitrogen and oxygen atoms in total. The number of imidazole rings is 1. The van der Waals surface area contributed by atoms with Crippen LogP contribution in [0.5, 0.6) is 5.88 Å². The Balaban J connectivity index is 1.57. The number of amides is 1. The monoisotopic (exact) mass is 513 g/mol. The molecule has 3 heterocycles. The van der Waals surface area contributed by atoms with Crippen molar-refractivity contribution < 1.29 is 35.9 Å². The lowest BCUT2D eigenvalue weighted by Crippen LogP contribution is -2.42. The van der Waals surface area contributed by atoms with Gasteiger partial charge in [-0.2, -0.15) is 13.2 Å². The van der Waals surface area contributed by atoms with Crippen LogP contribution in [0.2, 0.25) is 0 Å². The Morgan fingerprint density at radius 3 is 2.58 bits per heavy atom. The van der Waals surface area contributed by atoms with Crippen LogP contribution < -0.4 is 10.5 Å². The number of rotatable bonds is 6. The Morgan fingerprint density at radius 1 is 1.17 bits per heavy atom. The van der Waals surface area contributed by atoms with E-state index in [1.54, 1.807) is 0 Å². The zero-order valence-corrected chi connectivity index (χ0v) is 19.0. The number of ether oxygens (including phenoxy) is 1. The molecule has 36 heavy (non-hydrogen) atoms. The molecular weight excluding hydrogens is 492 g/mol. The Morgan fingerprint density at radius 2 is 1.89 bits per heavy atom. The second kappa shape index (κ2) is 9.80. The molecule has 0 radical (unpaired) electrons. The molecule has 4 rings (SSSR count). The van der Waals surface area contributed by atoms with Crippen molar-refractivity contribution in [1.82, 2.24) is 19.4 Å². The highest BCUT2D eigenvalue weighted by atomic mass is 19.4. The van der Waals surface area contributed by atoms with Crippen LogP contribution >= 0.6 is 0 Å². The van der Waals surface area contributed by atoms with E-state index < -0.39 is 41.4 Å². The molecule has 0 bridgehead atoms. The van der Waals surface area contributed by atoms with Crippen LogP contribution in [0.3, 0.4) is 0 Å². The van der Waals surface area contributed by atoms with Gasteiger partial charge in [0, 0.05) is 37.8 Å². The summed E-state index contributed by atoms with van der Waals surface area (Å²) in [5.41, 5.74) is 6.14. The van der Waals surface area contributed by atoms with Crippen LogP contribution in [0.25, 0.3) is 11.3 Å². The maximum absolute atomic E-state index is 13.9. The summed E-state index contributed by atoms with van der Waals surface area (Å²) in [6.07, 6.45) is -3.84. The molecule has 0 spiro atoms. The number of nitrogens with two attached hydrogens (primary N) is 1. The fourth-order valence-corrected chi connectivity index (χ4v) is 4.17. The molecule has 1 aliphatic rings. The summed E-state index contributed by atoms with van der Waals surface area (Å²) in [6, 6.07) is 3.19. The fourth-order valence-electron chi connectivity index (χ4n) is 4.17. The molecule has 0 saturated heterocycles. The van der Waals surface area contributed by atoms with E-state index in [2.05, 4.69) is 9.97 Å². The van der Waals surface area contributed by atoms with Gasteiger partial charge in [-0.3, -0.25) is 4.79 Å². The summed E-state index contributed by atoms with van der Waals surface area (Å²) in [7, 11) is 1.33. The summed E-state index contributed by atoms with van der Waals surface area (Å²) in [5.74, 6) is -5.09. The lowest BCUT2D eigenvalue weighted by molar-refractivity contribution is -0.148. The van der Waals surface area contributed by atoms with Crippen molar-refractivity contribution in [3.63, 3.8) is 0 Å². The van der Waals surface area contributed by atoms with E-state index in [-0.39, 0.29) is 60.9 Å². The van der Waals surface area contributed by atoms with E-state index in [9.17, 15) is 31.1 Å². The van der Waals surface area contributed by atoms with Gasteiger partial charge in [0.15, 0.2) is 11.6 Å². The second-order valence-corrected chi connectivity index (χ2v) is 8.28. The van der Waals surface area contributed by atoms with E-state index in [1.165, 1.54) is 30.3 Å². The first-order valence-corrected chi connectivity index (χ1v) is 10.8. The number of nitrogens with zero attached hydrogens (tertiary/aromatic N) is 4. The summed E-state index contributed by atoms with van der Waals surface area (Å²) >= 11 is 0. The Labute approximate surface area is 201 Å². The smallest absolute Gasteiger partial charge is 0.449 e. The minimum Gasteiger partial charge on any atom is -0.481 e. The highest BCUT2D eigenvalue weighted by Crippen LogP contribution is 2.38. The molecule has 0 fully saturated rings. The van der Waals surface area contributed by atoms with E-state index in [0.717, 1.165) is 4.57 Å². The Hall–Kier alpha value is -3.61. The summed E-state index contributed by atoms with van der Waals surface area (Å²) in [4.78, 5) is 22.1. The maximum Gasteiger partial charge on any atom is 0.449 e. The number of methoxy groups -OCH3 is 1. The van der Waals surface area contributed by atoms with Gasteiger partial charge in [-0.05, 0) is 30.2 Å². The van der Waals surface area contributed by atoms with Gasteiger partial charge >= 0.3 is 6.18 Å². The van der Waals surface area contributed by atoms with Crippen LogP contribution in [0, 0.1) is 17.5 Å². The standard InChI is InChI=1S/C23H21F6N5O2/c1-36-21-14(3-2-4-31-21)20-18-11-33(5-6-34(18)22(32-20)23(27,28)29)19(35)9-13(30)7-12-8-16(25)17(26)10-15(12)24/h2-4,8,10,13H,5-7,9,11,30H2,1H3. The fraction of sp³-hybridized carbons (Fsp3) is 0.348. The van der Waals surface area contributed by atoms with E-state index >= 15 is 0 Å². The lowest BCUT2D eigenvalue weighted by atomic mass is 10.0. The predicted octanol–water partition coefficient (Wildman–Crippen LogP) is 3.69. The lowest BCUT2D eigenvalue weighted by Gasteiger charge is -2.30. The zero-order chi connectivity index (χ0) is 26.2. The third kappa shape index (κ3) is 5.01. The first kappa shape index (κ1) is 25.5.